The standard InChI is InChI=1S/C12H20O2/c1-5-7-11(3,13)9-10-12(4,14)8-6-2/h5-6,9-10,13-14H,1-2,7-8H2,3-4H3/b10-9+. The summed E-state index contributed by atoms with van der Waals surface area (Å²) in [6, 6.07) is 0. The lowest BCUT2D eigenvalue weighted by Crippen LogP contribution is -2.24. The summed E-state index contributed by atoms with van der Waals surface area (Å²) in [5.74, 6) is 0. The van der Waals surface area contributed by atoms with E-state index >= 15 is 0 Å². The van der Waals surface area contributed by atoms with Gasteiger partial charge >= 0.3 is 0 Å². The fourth-order valence-electron chi connectivity index (χ4n) is 1.08. The number of hydrogen-bond acceptors (Lipinski definition) is 2. The molecule has 2 heteroatoms. The molecule has 0 aromatic heterocycles. The van der Waals surface area contributed by atoms with Gasteiger partial charge < -0.3 is 10.2 Å². The molecular weight excluding hydrogens is 176 g/mol. The average Bonchev–Trinajstić information content (AvgIpc) is 2.01. The van der Waals surface area contributed by atoms with Crippen LogP contribution in [-0.2, 0) is 0 Å². The molecule has 0 bridgehead atoms. The van der Waals surface area contributed by atoms with Gasteiger partial charge in [0.15, 0.2) is 0 Å². The monoisotopic (exact) mass is 196 g/mol. The van der Waals surface area contributed by atoms with Crippen molar-refractivity contribution in [1.82, 2.24) is 0 Å². The summed E-state index contributed by atoms with van der Waals surface area (Å²) in [5, 5.41) is 19.5. The van der Waals surface area contributed by atoms with Gasteiger partial charge in [0.25, 0.3) is 0 Å². The minimum absolute atomic E-state index is 0.466. The lowest BCUT2D eigenvalue weighted by molar-refractivity contribution is 0.0968. The average molecular weight is 196 g/mol. The zero-order valence-corrected chi connectivity index (χ0v) is 9.03. The molecule has 0 spiro atoms. The van der Waals surface area contributed by atoms with E-state index < -0.39 is 11.2 Å². The molecule has 0 rings (SSSR count). The van der Waals surface area contributed by atoms with Gasteiger partial charge in [-0.2, -0.15) is 0 Å². The van der Waals surface area contributed by atoms with Crippen molar-refractivity contribution >= 4 is 0 Å². The summed E-state index contributed by atoms with van der Waals surface area (Å²) in [7, 11) is 0. The van der Waals surface area contributed by atoms with Crippen LogP contribution in [0.5, 0.6) is 0 Å². The SMILES string of the molecule is C=CCC(C)(O)/C=C/C(C)(O)CC=C. The minimum Gasteiger partial charge on any atom is -0.386 e. The van der Waals surface area contributed by atoms with Crippen LogP contribution in [-0.4, -0.2) is 21.4 Å². The molecule has 2 atom stereocenters. The maximum Gasteiger partial charge on any atom is 0.0834 e. The summed E-state index contributed by atoms with van der Waals surface area (Å²) < 4.78 is 0. The van der Waals surface area contributed by atoms with Gasteiger partial charge in [0, 0.05) is 0 Å². The molecule has 0 aromatic carbocycles. The molecular formula is C12H20O2. The van der Waals surface area contributed by atoms with Gasteiger partial charge in [0.05, 0.1) is 11.2 Å². The summed E-state index contributed by atoms with van der Waals surface area (Å²) in [5.41, 5.74) is -1.88. The van der Waals surface area contributed by atoms with Gasteiger partial charge in [-0.25, -0.2) is 0 Å². The fraction of sp³-hybridized carbons (Fsp3) is 0.500. The van der Waals surface area contributed by atoms with E-state index in [2.05, 4.69) is 13.2 Å². The third kappa shape index (κ3) is 5.73. The van der Waals surface area contributed by atoms with Crippen molar-refractivity contribution in [1.29, 1.82) is 0 Å². The summed E-state index contributed by atoms with van der Waals surface area (Å²) in [6.45, 7) is 10.5. The van der Waals surface area contributed by atoms with Crippen LogP contribution in [0.3, 0.4) is 0 Å². The second-order valence-corrected chi connectivity index (χ2v) is 4.03. The second kappa shape index (κ2) is 5.13. The predicted molar refractivity (Wildman–Crippen MR) is 60.0 cm³/mol. The third-order valence-corrected chi connectivity index (χ3v) is 1.92. The van der Waals surface area contributed by atoms with E-state index in [9.17, 15) is 10.2 Å². The molecule has 0 fully saturated rings. The molecule has 0 saturated carbocycles. The molecule has 0 aromatic rings. The highest BCUT2D eigenvalue weighted by Crippen LogP contribution is 2.17. The second-order valence-electron chi connectivity index (χ2n) is 4.03. The zero-order valence-electron chi connectivity index (χ0n) is 9.03. The Balaban J connectivity index is 4.40. The maximum absolute atomic E-state index is 9.75. The van der Waals surface area contributed by atoms with Crippen LogP contribution >= 0.6 is 0 Å². The normalized spacial score (nSPS) is 20.0. The zero-order chi connectivity index (χ0) is 11.2. The topological polar surface area (TPSA) is 40.5 Å². The first kappa shape index (κ1) is 13.1. The highest BCUT2D eigenvalue weighted by atomic mass is 16.3. The van der Waals surface area contributed by atoms with E-state index in [1.807, 2.05) is 0 Å². The third-order valence-electron chi connectivity index (χ3n) is 1.92. The number of rotatable bonds is 6. The van der Waals surface area contributed by atoms with Gasteiger partial charge in [0.2, 0.25) is 0 Å². The summed E-state index contributed by atoms with van der Waals surface area (Å²) in [6.07, 6.45) is 7.41. The molecule has 0 amide bonds. The number of aliphatic hydroxyl groups is 2. The highest BCUT2D eigenvalue weighted by molar-refractivity contribution is 5.09. The molecule has 0 heterocycles. The lowest BCUT2D eigenvalue weighted by atomic mass is 9.96. The van der Waals surface area contributed by atoms with E-state index in [-0.39, 0.29) is 0 Å². The van der Waals surface area contributed by atoms with Crippen molar-refractivity contribution in [3.8, 4) is 0 Å². The van der Waals surface area contributed by atoms with Crippen molar-refractivity contribution in [3.63, 3.8) is 0 Å². The van der Waals surface area contributed by atoms with E-state index in [1.165, 1.54) is 0 Å². The first-order valence-electron chi connectivity index (χ1n) is 4.70. The predicted octanol–water partition coefficient (Wildman–Crippen LogP) is 2.20. The highest BCUT2D eigenvalue weighted by Gasteiger charge is 2.18. The quantitative estimate of drug-likeness (QED) is 0.639. The molecule has 2 nitrogen and oxygen atoms in total. The Hall–Kier alpha value is -0.860. The molecule has 2 unspecified atom stereocenters. The molecule has 0 radical (unpaired) electrons. The Bertz CT molecular complexity index is 200. The van der Waals surface area contributed by atoms with E-state index in [4.69, 9.17) is 0 Å². The van der Waals surface area contributed by atoms with Gasteiger partial charge in [-0.1, -0.05) is 24.3 Å². The molecule has 14 heavy (non-hydrogen) atoms. The van der Waals surface area contributed by atoms with Crippen molar-refractivity contribution in [2.45, 2.75) is 37.9 Å². The van der Waals surface area contributed by atoms with Crippen LogP contribution in [0, 0.1) is 0 Å². The molecule has 2 N–H and O–H groups in total. The first-order chi connectivity index (χ1) is 6.33. The first-order valence-corrected chi connectivity index (χ1v) is 4.70. The van der Waals surface area contributed by atoms with Gasteiger partial charge in [-0.15, -0.1) is 13.2 Å². The van der Waals surface area contributed by atoms with Crippen molar-refractivity contribution in [2.24, 2.45) is 0 Å². The smallest absolute Gasteiger partial charge is 0.0834 e. The van der Waals surface area contributed by atoms with Gasteiger partial charge in [-0.05, 0) is 26.7 Å². The maximum atomic E-state index is 9.75. The Kier molecular flexibility index (Phi) is 4.81. The lowest BCUT2D eigenvalue weighted by Gasteiger charge is -2.21. The van der Waals surface area contributed by atoms with E-state index in [0.717, 1.165) is 0 Å². The van der Waals surface area contributed by atoms with Crippen molar-refractivity contribution in [3.05, 3.63) is 37.5 Å². The molecule has 0 saturated heterocycles. The Morgan fingerprint density at radius 1 is 0.929 bits per heavy atom. The largest absolute Gasteiger partial charge is 0.386 e. The van der Waals surface area contributed by atoms with Gasteiger partial charge in [-0.3, -0.25) is 0 Å². The van der Waals surface area contributed by atoms with Crippen LogP contribution in [0.25, 0.3) is 0 Å². The van der Waals surface area contributed by atoms with Crippen LogP contribution in [0.4, 0.5) is 0 Å². The van der Waals surface area contributed by atoms with Crippen LogP contribution in [0.2, 0.25) is 0 Å². The fourth-order valence-corrected chi connectivity index (χ4v) is 1.08. The van der Waals surface area contributed by atoms with Crippen molar-refractivity contribution < 1.29 is 10.2 Å². The summed E-state index contributed by atoms with van der Waals surface area (Å²) in [4.78, 5) is 0. The molecule has 0 aliphatic rings. The minimum atomic E-state index is -0.938. The Morgan fingerprint density at radius 3 is 1.43 bits per heavy atom. The van der Waals surface area contributed by atoms with E-state index in [0.29, 0.717) is 12.8 Å². The summed E-state index contributed by atoms with van der Waals surface area (Å²) >= 11 is 0. The van der Waals surface area contributed by atoms with Crippen molar-refractivity contribution in [2.75, 3.05) is 0 Å². The number of hydrogen-bond donors (Lipinski definition) is 2. The van der Waals surface area contributed by atoms with Crippen LogP contribution in [0.15, 0.2) is 37.5 Å². The molecule has 80 valence electrons. The molecule has 0 aliphatic carbocycles. The Labute approximate surface area is 86.3 Å². The van der Waals surface area contributed by atoms with Gasteiger partial charge in [0.1, 0.15) is 0 Å². The molecule has 0 aliphatic heterocycles. The van der Waals surface area contributed by atoms with Crippen LogP contribution < -0.4 is 0 Å². The van der Waals surface area contributed by atoms with E-state index in [1.54, 1.807) is 38.2 Å². The Morgan fingerprint density at radius 2 is 1.21 bits per heavy atom. The van der Waals surface area contributed by atoms with Crippen LogP contribution in [0.1, 0.15) is 26.7 Å².